The van der Waals surface area contributed by atoms with Gasteiger partial charge < -0.3 is 15.4 Å². The van der Waals surface area contributed by atoms with E-state index in [1.54, 1.807) is 7.05 Å². The predicted octanol–water partition coefficient (Wildman–Crippen LogP) is 1.04. The molecule has 0 fully saturated rings. The van der Waals surface area contributed by atoms with Crippen LogP contribution in [0.3, 0.4) is 0 Å². The van der Waals surface area contributed by atoms with Gasteiger partial charge in [0.2, 0.25) is 0 Å². The molecule has 0 spiro atoms. The Labute approximate surface area is 80.1 Å². The molecule has 0 aliphatic rings. The van der Waals surface area contributed by atoms with E-state index in [2.05, 4.69) is 20.4 Å². The number of thiazole rings is 1. The SMILES string of the molecule is CNc1nc(CNC(=O)OC)cs1. The molecule has 0 aliphatic heterocycles. The molecule has 0 atom stereocenters. The zero-order valence-electron chi connectivity index (χ0n) is 7.46. The van der Waals surface area contributed by atoms with E-state index in [1.807, 2.05) is 5.38 Å². The average Bonchev–Trinajstić information content (AvgIpc) is 2.61. The summed E-state index contributed by atoms with van der Waals surface area (Å²) in [5, 5.41) is 8.17. The Morgan fingerprint density at radius 2 is 2.54 bits per heavy atom. The maximum Gasteiger partial charge on any atom is 0.407 e. The number of methoxy groups -OCH3 is 1. The largest absolute Gasteiger partial charge is 0.453 e. The highest BCUT2D eigenvalue weighted by molar-refractivity contribution is 7.13. The topological polar surface area (TPSA) is 63.2 Å². The van der Waals surface area contributed by atoms with Crippen molar-refractivity contribution in [3.8, 4) is 0 Å². The summed E-state index contributed by atoms with van der Waals surface area (Å²) in [6, 6.07) is 0. The number of ether oxygens (including phenoxy) is 1. The fourth-order valence-corrected chi connectivity index (χ4v) is 1.41. The number of amides is 1. The van der Waals surface area contributed by atoms with E-state index in [0.717, 1.165) is 10.8 Å². The van der Waals surface area contributed by atoms with Crippen LogP contribution < -0.4 is 10.6 Å². The van der Waals surface area contributed by atoms with Gasteiger partial charge in [0, 0.05) is 12.4 Å². The van der Waals surface area contributed by atoms with Crippen LogP contribution in [0.2, 0.25) is 0 Å². The summed E-state index contributed by atoms with van der Waals surface area (Å²) in [7, 11) is 3.13. The first-order valence-corrected chi connectivity index (χ1v) is 4.58. The molecule has 0 unspecified atom stereocenters. The van der Waals surface area contributed by atoms with Crippen molar-refractivity contribution >= 4 is 22.6 Å². The van der Waals surface area contributed by atoms with Crippen molar-refractivity contribution in [1.29, 1.82) is 0 Å². The lowest BCUT2D eigenvalue weighted by molar-refractivity contribution is 0.170. The summed E-state index contributed by atoms with van der Waals surface area (Å²) in [6.07, 6.45) is -0.445. The zero-order chi connectivity index (χ0) is 9.68. The molecular formula is C7H11N3O2S. The minimum atomic E-state index is -0.445. The number of hydrogen-bond donors (Lipinski definition) is 2. The van der Waals surface area contributed by atoms with Gasteiger partial charge in [0.25, 0.3) is 0 Å². The van der Waals surface area contributed by atoms with Crippen molar-refractivity contribution in [3.05, 3.63) is 11.1 Å². The number of aromatic nitrogens is 1. The molecule has 0 saturated carbocycles. The Kier molecular flexibility index (Phi) is 3.51. The number of nitrogens with zero attached hydrogens (tertiary/aromatic N) is 1. The summed E-state index contributed by atoms with van der Waals surface area (Å²) in [4.78, 5) is 14.9. The molecular weight excluding hydrogens is 190 g/mol. The third kappa shape index (κ3) is 2.90. The average molecular weight is 201 g/mol. The molecule has 6 heteroatoms. The predicted molar refractivity (Wildman–Crippen MR) is 50.9 cm³/mol. The fourth-order valence-electron chi connectivity index (χ4n) is 0.738. The highest BCUT2D eigenvalue weighted by atomic mass is 32.1. The highest BCUT2D eigenvalue weighted by Crippen LogP contribution is 2.13. The minimum Gasteiger partial charge on any atom is -0.453 e. The molecule has 72 valence electrons. The molecule has 1 aromatic rings. The van der Waals surface area contributed by atoms with Crippen molar-refractivity contribution in [2.24, 2.45) is 0 Å². The van der Waals surface area contributed by atoms with Crippen molar-refractivity contribution in [1.82, 2.24) is 10.3 Å². The van der Waals surface area contributed by atoms with Gasteiger partial charge in [-0.25, -0.2) is 9.78 Å². The number of carbonyl (C=O) groups is 1. The lowest BCUT2D eigenvalue weighted by Gasteiger charge is -1.99. The highest BCUT2D eigenvalue weighted by Gasteiger charge is 2.02. The normalized spacial score (nSPS) is 9.38. The van der Waals surface area contributed by atoms with Crippen LogP contribution in [0.1, 0.15) is 5.69 Å². The summed E-state index contributed by atoms with van der Waals surface area (Å²) in [5.41, 5.74) is 0.819. The monoisotopic (exact) mass is 201 g/mol. The zero-order valence-corrected chi connectivity index (χ0v) is 8.27. The maximum atomic E-state index is 10.7. The van der Waals surface area contributed by atoms with Gasteiger partial charge in [0.15, 0.2) is 5.13 Å². The van der Waals surface area contributed by atoms with Crippen LogP contribution in [0, 0.1) is 0 Å². The smallest absolute Gasteiger partial charge is 0.407 e. The van der Waals surface area contributed by atoms with Crippen LogP contribution in [0.5, 0.6) is 0 Å². The fraction of sp³-hybridized carbons (Fsp3) is 0.429. The van der Waals surface area contributed by atoms with Gasteiger partial charge >= 0.3 is 6.09 Å². The second kappa shape index (κ2) is 4.66. The molecule has 0 radical (unpaired) electrons. The van der Waals surface area contributed by atoms with Crippen molar-refractivity contribution in [3.63, 3.8) is 0 Å². The van der Waals surface area contributed by atoms with Crippen LogP contribution in [0.25, 0.3) is 0 Å². The van der Waals surface area contributed by atoms with E-state index in [9.17, 15) is 4.79 Å². The number of rotatable bonds is 3. The maximum absolute atomic E-state index is 10.7. The van der Waals surface area contributed by atoms with E-state index in [0.29, 0.717) is 6.54 Å². The third-order valence-corrected chi connectivity index (χ3v) is 2.27. The van der Waals surface area contributed by atoms with E-state index >= 15 is 0 Å². The molecule has 0 aromatic carbocycles. The first-order valence-electron chi connectivity index (χ1n) is 3.70. The van der Waals surface area contributed by atoms with Crippen LogP contribution in [0.15, 0.2) is 5.38 Å². The number of anilines is 1. The lowest BCUT2D eigenvalue weighted by Crippen LogP contribution is -2.22. The van der Waals surface area contributed by atoms with Crippen molar-refractivity contribution < 1.29 is 9.53 Å². The summed E-state index contributed by atoms with van der Waals surface area (Å²) in [5.74, 6) is 0. The number of alkyl carbamates (subject to hydrolysis) is 1. The third-order valence-electron chi connectivity index (χ3n) is 1.36. The van der Waals surface area contributed by atoms with E-state index in [-0.39, 0.29) is 0 Å². The number of carbonyl (C=O) groups excluding carboxylic acids is 1. The quantitative estimate of drug-likeness (QED) is 0.767. The van der Waals surface area contributed by atoms with E-state index in [1.165, 1.54) is 18.4 Å². The summed E-state index contributed by atoms with van der Waals surface area (Å²) in [6.45, 7) is 0.394. The Hall–Kier alpha value is -1.30. The van der Waals surface area contributed by atoms with E-state index < -0.39 is 6.09 Å². The Morgan fingerprint density at radius 3 is 3.08 bits per heavy atom. The van der Waals surface area contributed by atoms with Gasteiger partial charge in [-0.1, -0.05) is 0 Å². The molecule has 13 heavy (non-hydrogen) atoms. The van der Waals surface area contributed by atoms with Crippen LogP contribution in [0.4, 0.5) is 9.93 Å². The van der Waals surface area contributed by atoms with Crippen molar-refractivity contribution in [2.75, 3.05) is 19.5 Å². The molecule has 1 amide bonds. The molecule has 0 aliphatic carbocycles. The summed E-state index contributed by atoms with van der Waals surface area (Å²) < 4.78 is 4.42. The van der Waals surface area contributed by atoms with Gasteiger partial charge in [-0.3, -0.25) is 0 Å². The van der Waals surface area contributed by atoms with Gasteiger partial charge in [-0.05, 0) is 0 Å². The number of nitrogens with one attached hydrogen (secondary N) is 2. The van der Waals surface area contributed by atoms with Crippen LogP contribution >= 0.6 is 11.3 Å². The minimum absolute atomic E-state index is 0.394. The summed E-state index contributed by atoms with van der Waals surface area (Å²) >= 11 is 1.49. The molecule has 2 N–H and O–H groups in total. The van der Waals surface area contributed by atoms with E-state index in [4.69, 9.17) is 0 Å². The van der Waals surface area contributed by atoms with Gasteiger partial charge in [0.05, 0.1) is 19.3 Å². The van der Waals surface area contributed by atoms with Crippen LogP contribution in [-0.2, 0) is 11.3 Å². The van der Waals surface area contributed by atoms with Crippen LogP contribution in [-0.4, -0.2) is 25.2 Å². The molecule has 1 aromatic heterocycles. The molecule has 1 rings (SSSR count). The van der Waals surface area contributed by atoms with Gasteiger partial charge in [0.1, 0.15) is 0 Å². The molecule has 1 heterocycles. The number of hydrogen-bond acceptors (Lipinski definition) is 5. The first-order chi connectivity index (χ1) is 6.26. The van der Waals surface area contributed by atoms with Crippen molar-refractivity contribution in [2.45, 2.75) is 6.54 Å². The Morgan fingerprint density at radius 1 is 1.77 bits per heavy atom. The van der Waals surface area contributed by atoms with Gasteiger partial charge in [-0.2, -0.15) is 0 Å². The van der Waals surface area contributed by atoms with Gasteiger partial charge in [-0.15, -0.1) is 11.3 Å². The molecule has 0 saturated heterocycles. The first kappa shape index (κ1) is 9.79. The Bertz CT molecular complexity index is 287. The Balaban J connectivity index is 2.41. The second-order valence-electron chi connectivity index (χ2n) is 2.24. The molecule has 5 nitrogen and oxygen atoms in total. The standard InChI is InChI=1S/C7H11N3O2S/c1-8-6-10-5(4-13-6)3-9-7(11)12-2/h4H,3H2,1-2H3,(H,8,10)(H,9,11). The molecule has 0 bridgehead atoms. The lowest BCUT2D eigenvalue weighted by atomic mass is 10.5. The second-order valence-corrected chi connectivity index (χ2v) is 3.10.